The number of rotatable bonds is 7. The number of unbranched alkanes of at least 4 members (excludes halogenated alkanes) is 1. The SMILES string of the molecule is CCCCOc1ccc(C(=O)Nc2ccccc2Cl)cc1OC. The number of ether oxygens (including phenoxy) is 2. The van der Waals surface area contributed by atoms with Crippen molar-refractivity contribution >= 4 is 23.2 Å². The number of anilines is 1. The number of amides is 1. The fraction of sp³-hybridized carbons (Fsp3) is 0.278. The number of hydrogen-bond donors (Lipinski definition) is 1. The van der Waals surface area contributed by atoms with Gasteiger partial charge < -0.3 is 14.8 Å². The molecule has 5 heteroatoms. The third kappa shape index (κ3) is 4.63. The molecule has 0 fully saturated rings. The first-order valence-electron chi connectivity index (χ1n) is 7.52. The summed E-state index contributed by atoms with van der Waals surface area (Å²) >= 11 is 6.05. The van der Waals surface area contributed by atoms with Crippen molar-refractivity contribution in [3.8, 4) is 11.5 Å². The summed E-state index contributed by atoms with van der Waals surface area (Å²) in [4.78, 5) is 12.3. The summed E-state index contributed by atoms with van der Waals surface area (Å²) < 4.78 is 11.0. The van der Waals surface area contributed by atoms with Gasteiger partial charge >= 0.3 is 0 Å². The van der Waals surface area contributed by atoms with Gasteiger partial charge in [-0.05, 0) is 36.8 Å². The molecule has 0 spiro atoms. The summed E-state index contributed by atoms with van der Waals surface area (Å²) in [5.41, 5.74) is 1.05. The van der Waals surface area contributed by atoms with Gasteiger partial charge in [-0.1, -0.05) is 37.1 Å². The summed E-state index contributed by atoms with van der Waals surface area (Å²) in [6.45, 7) is 2.72. The van der Waals surface area contributed by atoms with Gasteiger partial charge in [0, 0.05) is 5.56 Å². The molecule has 0 aliphatic carbocycles. The summed E-state index contributed by atoms with van der Waals surface area (Å²) in [6, 6.07) is 12.2. The molecular formula is C18H20ClNO3. The fourth-order valence-corrected chi connectivity index (χ4v) is 2.19. The third-order valence-corrected chi connectivity index (χ3v) is 3.63. The Balaban J connectivity index is 2.13. The first kappa shape index (κ1) is 17.2. The van der Waals surface area contributed by atoms with Crippen LogP contribution in [0.5, 0.6) is 11.5 Å². The Morgan fingerprint density at radius 1 is 1.17 bits per heavy atom. The van der Waals surface area contributed by atoms with E-state index in [1.165, 1.54) is 0 Å². The van der Waals surface area contributed by atoms with Crippen molar-refractivity contribution in [1.82, 2.24) is 0 Å². The van der Waals surface area contributed by atoms with Gasteiger partial charge in [0.05, 0.1) is 24.4 Å². The predicted octanol–water partition coefficient (Wildman–Crippen LogP) is 4.78. The fourth-order valence-electron chi connectivity index (χ4n) is 2.01. The van der Waals surface area contributed by atoms with Gasteiger partial charge in [0.15, 0.2) is 11.5 Å². The van der Waals surface area contributed by atoms with E-state index in [2.05, 4.69) is 12.2 Å². The van der Waals surface area contributed by atoms with Gasteiger partial charge in [0.2, 0.25) is 0 Å². The van der Waals surface area contributed by atoms with E-state index in [0.717, 1.165) is 12.8 Å². The van der Waals surface area contributed by atoms with E-state index in [1.54, 1.807) is 37.4 Å². The average Bonchev–Trinajstić information content (AvgIpc) is 2.57. The lowest BCUT2D eigenvalue weighted by atomic mass is 10.2. The number of methoxy groups -OCH3 is 1. The van der Waals surface area contributed by atoms with Gasteiger partial charge in [0.1, 0.15) is 0 Å². The highest BCUT2D eigenvalue weighted by Gasteiger charge is 2.12. The number of carbonyl (C=O) groups is 1. The highest BCUT2D eigenvalue weighted by Crippen LogP contribution is 2.29. The Hall–Kier alpha value is -2.20. The van der Waals surface area contributed by atoms with Crippen molar-refractivity contribution in [2.75, 3.05) is 19.0 Å². The van der Waals surface area contributed by atoms with Crippen LogP contribution in [0.15, 0.2) is 42.5 Å². The Labute approximate surface area is 141 Å². The molecule has 0 aliphatic rings. The van der Waals surface area contributed by atoms with Crippen LogP contribution < -0.4 is 14.8 Å². The topological polar surface area (TPSA) is 47.6 Å². The molecule has 122 valence electrons. The molecule has 0 saturated carbocycles. The standard InChI is InChI=1S/C18H20ClNO3/c1-3-4-11-23-16-10-9-13(12-17(16)22-2)18(21)20-15-8-6-5-7-14(15)19/h5-10,12H,3-4,11H2,1-2H3,(H,20,21). The van der Waals surface area contributed by atoms with Gasteiger partial charge in [0.25, 0.3) is 5.91 Å². The normalized spacial score (nSPS) is 10.2. The zero-order chi connectivity index (χ0) is 16.7. The van der Waals surface area contributed by atoms with Crippen LogP contribution in [0.1, 0.15) is 30.1 Å². The molecular weight excluding hydrogens is 314 g/mol. The van der Waals surface area contributed by atoms with Crippen LogP contribution in [0.3, 0.4) is 0 Å². The van der Waals surface area contributed by atoms with Crippen LogP contribution in [-0.4, -0.2) is 19.6 Å². The molecule has 0 aromatic heterocycles. The quantitative estimate of drug-likeness (QED) is 0.742. The van der Waals surface area contributed by atoms with Gasteiger partial charge in [-0.15, -0.1) is 0 Å². The second-order valence-corrected chi connectivity index (χ2v) is 5.41. The summed E-state index contributed by atoms with van der Waals surface area (Å²) in [6.07, 6.45) is 2.03. The zero-order valence-electron chi connectivity index (χ0n) is 13.3. The minimum absolute atomic E-state index is 0.253. The Kier molecular flexibility index (Phi) is 6.29. The molecule has 0 unspecified atom stereocenters. The van der Waals surface area contributed by atoms with Crippen LogP contribution in [0, 0.1) is 0 Å². The van der Waals surface area contributed by atoms with Crippen LogP contribution >= 0.6 is 11.6 Å². The molecule has 4 nitrogen and oxygen atoms in total. The van der Waals surface area contributed by atoms with Crippen LogP contribution in [-0.2, 0) is 0 Å². The third-order valence-electron chi connectivity index (χ3n) is 3.30. The molecule has 2 aromatic rings. The Bertz CT molecular complexity index is 673. The second kappa shape index (κ2) is 8.44. The maximum Gasteiger partial charge on any atom is 0.255 e. The monoisotopic (exact) mass is 333 g/mol. The molecule has 0 atom stereocenters. The van der Waals surface area contributed by atoms with Gasteiger partial charge in [-0.2, -0.15) is 0 Å². The summed E-state index contributed by atoms with van der Waals surface area (Å²) in [7, 11) is 1.55. The van der Waals surface area contributed by atoms with E-state index >= 15 is 0 Å². The minimum atomic E-state index is -0.253. The molecule has 1 amide bonds. The Morgan fingerprint density at radius 3 is 2.65 bits per heavy atom. The number of hydrogen-bond acceptors (Lipinski definition) is 3. The molecule has 0 heterocycles. The van der Waals surface area contributed by atoms with E-state index in [9.17, 15) is 4.79 Å². The number of nitrogens with one attached hydrogen (secondary N) is 1. The van der Waals surface area contributed by atoms with Crippen molar-refractivity contribution in [2.24, 2.45) is 0 Å². The maximum atomic E-state index is 12.3. The van der Waals surface area contributed by atoms with Gasteiger partial charge in [-0.3, -0.25) is 4.79 Å². The molecule has 2 aromatic carbocycles. The second-order valence-electron chi connectivity index (χ2n) is 5.00. The number of carbonyl (C=O) groups excluding carboxylic acids is 1. The van der Waals surface area contributed by atoms with Crippen molar-refractivity contribution in [2.45, 2.75) is 19.8 Å². The maximum absolute atomic E-state index is 12.3. The first-order valence-corrected chi connectivity index (χ1v) is 7.90. The lowest BCUT2D eigenvalue weighted by Crippen LogP contribution is -2.12. The largest absolute Gasteiger partial charge is 0.493 e. The number of para-hydroxylation sites is 1. The molecule has 2 rings (SSSR count). The van der Waals surface area contributed by atoms with Crippen molar-refractivity contribution in [1.29, 1.82) is 0 Å². The zero-order valence-corrected chi connectivity index (χ0v) is 14.0. The smallest absolute Gasteiger partial charge is 0.255 e. The molecule has 0 aliphatic heterocycles. The van der Waals surface area contributed by atoms with Crippen molar-refractivity contribution in [3.05, 3.63) is 53.1 Å². The molecule has 0 saturated heterocycles. The molecule has 0 radical (unpaired) electrons. The Morgan fingerprint density at radius 2 is 1.96 bits per heavy atom. The minimum Gasteiger partial charge on any atom is -0.493 e. The van der Waals surface area contributed by atoms with Crippen LogP contribution in [0.4, 0.5) is 5.69 Å². The molecule has 1 N–H and O–H groups in total. The van der Waals surface area contributed by atoms with E-state index < -0.39 is 0 Å². The van der Waals surface area contributed by atoms with E-state index in [-0.39, 0.29) is 5.91 Å². The molecule has 0 bridgehead atoms. The summed E-state index contributed by atoms with van der Waals surface area (Å²) in [5, 5.41) is 3.28. The summed E-state index contributed by atoms with van der Waals surface area (Å²) in [5.74, 6) is 0.916. The van der Waals surface area contributed by atoms with Crippen LogP contribution in [0.2, 0.25) is 5.02 Å². The number of halogens is 1. The molecule has 23 heavy (non-hydrogen) atoms. The predicted molar refractivity (Wildman–Crippen MR) is 92.8 cm³/mol. The van der Waals surface area contributed by atoms with E-state index in [4.69, 9.17) is 21.1 Å². The van der Waals surface area contributed by atoms with E-state index in [1.807, 2.05) is 12.1 Å². The highest BCUT2D eigenvalue weighted by molar-refractivity contribution is 6.33. The number of benzene rings is 2. The van der Waals surface area contributed by atoms with Crippen molar-refractivity contribution in [3.63, 3.8) is 0 Å². The van der Waals surface area contributed by atoms with Crippen molar-refractivity contribution < 1.29 is 14.3 Å². The van der Waals surface area contributed by atoms with Crippen LogP contribution in [0.25, 0.3) is 0 Å². The lowest BCUT2D eigenvalue weighted by Gasteiger charge is -2.12. The average molecular weight is 334 g/mol. The highest BCUT2D eigenvalue weighted by atomic mass is 35.5. The van der Waals surface area contributed by atoms with E-state index in [0.29, 0.717) is 34.4 Å². The van der Waals surface area contributed by atoms with Gasteiger partial charge in [-0.25, -0.2) is 0 Å². The first-order chi connectivity index (χ1) is 11.2. The lowest BCUT2D eigenvalue weighted by molar-refractivity contribution is 0.102.